The minimum Gasteiger partial charge on any atom is -0.480 e. The maximum atomic E-state index is 11.7. The van der Waals surface area contributed by atoms with Crippen LogP contribution in [0.25, 0.3) is 0 Å². The van der Waals surface area contributed by atoms with Gasteiger partial charge in [-0.3, -0.25) is 15.1 Å². The molecule has 0 aromatic heterocycles. The van der Waals surface area contributed by atoms with Gasteiger partial charge in [0.15, 0.2) is 17.5 Å². The Morgan fingerprint density at radius 1 is 1.21 bits per heavy atom. The highest BCUT2D eigenvalue weighted by Gasteiger charge is 2.65. The molecule has 0 spiro atoms. The molecule has 166 valence electrons. The molecule has 0 bridgehead atoms. The third kappa shape index (κ3) is 4.98. The summed E-state index contributed by atoms with van der Waals surface area (Å²) >= 11 is 0. The van der Waals surface area contributed by atoms with Crippen molar-refractivity contribution in [2.45, 2.75) is 82.3 Å². The highest BCUT2D eigenvalue weighted by atomic mass is 16.9. The summed E-state index contributed by atoms with van der Waals surface area (Å²) in [5.74, 6) is -3.84. The Balaban J connectivity index is 1.68. The molecule has 11 nitrogen and oxygen atoms in total. The maximum absolute atomic E-state index is 11.7. The largest absolute Gasteiger partial charge is 0.480 e. The van der Waals surface area contributed by atoms with Crippen LogP contribution in [0.5, 0.6) is 0 Å². The van der Waals surface area contributed by atoms with Crippen LogP contribution in [0.1, 0.15) is 40.5 Å². The summed E-state index contributed by atoms with van der Waals surface area (Å²) in [6, 6.07) is -0.815. The number of aliphatic carboxylic acids is 1. The van der Waals surface area contributed by atoms with Crippen LogP contribution in [-0.4, -0.2) is 78.4 Å². The van der Waals surface area contributed by atoms with Crippen LogP contribution < -0.4 is 16.8 Å². The molecule has 6 N–H and O–H groups in total. The van der Waals surface area contributed by atoms with E-state index >= 15 is 0 Å². The van der Waals surface area contributed by atoms with Gasteiger partial charge in [0.25, 0.3) is 0 Å². The number of hydrogen-bond donors (Lipinski definition) is 4. The van der Waals surface area contributed by atoms with E-state index in [-0.39, 0.29) is 31.3 Å². The molecule has 3 rings (SSSR count). The van der Waals surface area contributed by atoms with Gasteiger partial charge in [-0.2, -0.15) is 0 Å². The lowest BCUT2D eigenvalue weighted by molar-refractivity contribution is -0.278. The number of carboxylic acids is 1. The fourth-order valence-electron chi connectivity index (χ4n) is 4.06. The summed E-state index contributed by atoms with van der Waals surface area (Å²) in [6.45, 7) is 7.98. The number of carboxylic acid groups (broad SMARTS) is 1. The van der Waals surface area contributed by atoms with Crippen LogP contribution in [0, 0.1) is 0 Å². The lowest BCUT2D eigenvalue weighted by atomic mass is 9.96. The van der Waals surface area contributed by atoms with Gasteiger partial charge < -0.3 is 40.3 Å². The zero-order valence-corrected chi connectivity index (χ0v) is 17.3. The van der Waals surface area contributed by atoms with Gasteiger partial charge in [0, 0.05) is 6.54 Å². The number of aliphatic imine (C=N–C) groups is 1. The van der Waals surface area contributed by atoms with Crippen LogP contribution >= 0.6 is 0 Å². The topological polar surface area (TPSA) is 160 Å². The molecule has 0 aliphatic carbocycles. The van der Waals surface area contributed by atoms with Crippen LogP contribution in [-0.2, 0) is 28.5 Å². The molecule has 3 heterocycles. The van der Waals surface area contributed by atoms with Gasteiger partial charge in [0.05, 0.1) is 13.2 Å². The van der Waals surface area contributed by atoms with E-state index in [9.17, 15) is 9.90 Å². The molecule has 0 unspecified atom stereocenters. The fraction of sp³-hybridized carbons (Fsp3) is 0.889. The summed E-state index contributed by atoms with van der Waals surface area (Å²) in [5, 5.41) is 12.6. The van der Waals surface area contributed by atoms with E-state index in [1.165, 1.54) is 0 Å². The number of hydrogen-bond acceptors (Lipinski definition) is 8. The van der Waals surface area contributed by atoms with Crippen molar-refractivity contribution < 1.29 is 33.6 Å². The van der Waals surface area contributed by atoms with Crippen molar-refractivity contribution in [3.63, 3.8) is 0 Å². The second-order valence-corrected chi connectivity index (χ2v) is 8.52. The summed E-state index contributed by atoms with van der Waals surface area (Å²) < 4.78 is 30.2. The van der Waals surface area contributed by atoms with Gasteiger partial charge >= 0.3 is 5.97 Å². The van der Waals surface area contributed by atoms with Gasteiger partial charge in [-0.15, -0.1) is 0 Å². The Morgan fingerprint density at radius 3 is 2.59 bits per heavy atom. The maximum Gasteiger partial charge on any atom is 0.320 e. The van der Waals surface area contributed by atoms with Gasteiger partial charge in [-0.1, -0.05) is 0 Å². The number of fused-ring (bicyclic) bond motifs is 3. The van der Waals surface area contributed by atoms with Crippen LogP contribution in [0.3, 0.4) is 0 Å². The van der Waals surface area contributed by atoms with Crippen molar-refractivity contribution in [2.24, 2.45) is 16.5 Å². The molecule has 29 heavy (non-hydrogen) atoms. The van der Waals surface area contributed by atoms with Crippen molar-refractivity contribution in [3.8, 4) is 0 Å². The van der Waals surface area contributed by atoms with E-state index in [1.54, 1.807) is 13.8 Å². The summed E-state index contributed by atoms with van der Waals surface area (Å²) in [4.78, 5) is 15.6. The average molecular weight is 416 g/mol. The Bertz CT molecular complexity index is 652. The quantitative estimate of drug-likeness (QED) is 0.230. The van der Waals surface area contributed by atoms with Crippen molar-refractivity contribution in [1.82, 2.24) is 5.32 Å². The van der Waals surface area contributed by atoms with E-state index in [0.717, 1.165) is 0 Å². The zero-order valence-electron chi connectivity index (χ0n) is 17.3. The molecule has 3 saturated heterocycles. The number of rotatable bonds is 8. The van der Waals surface area contributed by atoms with E-state index < -0.39 is 35.5 Å². The first kappa shape index (κ1) is 22.2. The van der Waals surface area contributed by atoms with Crippen molar-refractivity contribution in [2.75, 3.05) is 19.7 Å². The average Bonchev–Trinajstić information content (AvgIpc) is 3.05. The number of nitrogens with zero attached hydrogens (tertiary/aromatic N) is 1. The molecule has 0 aromatic rings. The Labute approximate surface area is 170 Å². The van der Waals surface area contributed by atoms with Crippen molar-refractivity contribution >= 4 is 11.9 Å². The van der Waals surface area contributed by atoms with E-state index in [0.29, 0.717) is 19.4 Å². The molecule has 0 aromatic carbocycles. The lowest BCUT2D eigenvalue weighted by Crippen LogP contribution is -2.63. The molecule has 0 saturated carbocycles. The van der Waals surface area contributed by atoms with E-state index in [2.05, 4.69) is 10.3 Å². The number of guanidine groups is 1. The smallest absolute Gasteiger partial charge is 0.320 e. The second kappa shape index (κ2) is 7.97. The normalized spacial score (nSPS) is 35.5. The Kier molecular flexibility index (Phi) is 6.10. The highest BCUT2D eigenvalue weighted by molar-refractivity contribution is 5.75. The Morgan fingerprint density at radius 2 is 1.93 bits per heavy atom. The monoisotopic (exact) mass is 416 g/mol. The predicted molar refractivity (Wildman–Crippen MR) is 102 cm³/mol. The zero-order chi connectivity index (χ0) is 21.4. The third-order valence-corrected chi connectivity index (χ3v) is 5.11. The molecule has 0 amide bonds. The molecular formula is C18H32N4O7. The highest BCUT2D eigenvalue weighted by Crippen LogP contribution is 2.47. The second-order valence-electron chi connectivity index (χ2n) is 8.52. The predicted octanol–water partition coefficient (Wildman–Crippen LogP) is -0.519. The fourth-order valence-corrected chi connectivity index (χ4v) is 4.06. The van der Waals surface area contributed by atoms with E-state index in [1.807, 2.05) is 13.8 Å². The van der Waals surface area contributed by atoms with E-state index in [4.69, 9.17) is 35.2 Å². The standard InChI is InChI=1S/C18H32N4O7/c1-16(2)26-11-8-25-18(13(12(11)27-16)28-17(3,4)29-18)9-22-10(14(23)24)6-5-7-21-15(19)20/h10-13,22H,5-9H2,1-4H3,(H,23,24)(H4,19,20,21)/t10-,11+,12+,13-,18-/m0/s1. The van der Waals surface area contributed by atoms with Crippen molar-refractivity contribution in [1.29, 1.82) is 0 Å². The van der Waals surface area contributed by atoms with Gasteiger partial charge in [0.2, 0.25) is 5.79 Å². The summed E-state index contributed by atoms with van der Waals surface area (Å²) in [7, 11) is 0. The number of carbonyl (C=O) groups is 1. The number of ether oxygens (including phenoxy) is 5. The molecule has 3 fully saturated rings. The minimum absolute atomic E-state index is 0.0165. The van der Waals surface area contributed by atoms with Crippen molar-refractivity contribution in [3.05, 3.63) is 0 Å². The summed E-state index contributed by atoms with van der Waals surface area (Å²) in [6.07, 6.45) is -0.377. The summed E-state index contributed by atoms with van der Waals surface area (Å²) in [5.41, 5.74) is 10.6. The van der Waals surface area contributed by atoms with Crippen LogP contribution in [0.15, 0.2) is 4.99 Å². The molecule has 11 heteroatoms. The van der Waals surface area contributed by atoms with Crippen LogP contribution in [0.4, 0.5) is 0 Å². The first-order chi connectivity index (χ1) is 13.4. The molecule has 0 radical (unpaired) electrons. The van der Waals surface area contributed by atoms with Gasteiger partial charge in [0.1, 0.15) is 24.4 Å². The van der Waals surface area contributed by atoms with Gasteiger partial charge in [-0.25, -0.2) is 0 Å². The molecular weight excluding hydrogens is 384 g/mol. The molecule has 3 aliphatic rings. The number of nitrogens with one attached hydrogen (secondary N) is 1. The van der Waals surface area contributed by atoms with Gasteiger partial charge in [-0.05, 0) is 40.5 Å². The Hall–Kier alpha value is -1.50. The SMILES string of the molecule is CC1(C)O[C@@H]2[C@@H](CO[C@@]3(CN[C@@H](CCCN=C(N)N)C(=O)O)OC(C)(C)O[C@@H]23)O1. The third-order valence-electron chi connectivity index (χ3n) is 5.11. The first-order valence-electron chi connectivity index (χ1n) is 9.82. The minimum atomic E-state index is -1.18. The molecule has 5 atom stereocenters. The first-order valence-corrected chi connectivity index (χ1v) is 9.82. The lowest BCUT2D eigenvalue weighted by Gasteiger charge is -2.41. The number of nitrogens with two attached hydrogens (primary N) is 2. The van der Waals surface area contributed by atoms with Crippen LogP contribution in [0.2, 0.25) is 0 Å². The molecule has 3 aliphatic heterocycles.